The largest absolute Gasteiger partial charge is 0.123 e. The molecule has 50 valence electrons. The lowest BCUT2D eigenvalue weighted by Gasteiger charge is -2.05. The lowest BCUT2D eigenvalue weighted by atomic mass is 10.2. The van der Waals surface area contributed by atoms with Gasteiger partial charge in [0, 0.05) is 10.8 Å². The van der Waals surface area contributed by atoms with Crippen LogP contribution in [0.2, 0.25) is 0 Å². The van der Waals surface area contributed by atoms with Gasteiger partial charge in [-0.25, -0.2) is 0 Å². The van der Waals surface area contributed by atoms with Crippen molar-refractivity contribution < 1.29 is 0 Å². The van der Waals surface area contributed by atoms with E-state index in [0.29, 0.717) is 0 Å². The summed E-state index contributed by atoms with van der Waals surface area (Å²) in [7, 11) is 0. The molecule has 2 atom stereocenters. The maximum absolute atomic E-state index is 5.78. The summed E-state index contributed by atoms with van der Waals surface area (Å²) < 4.78 is 0. The molecule has 0 aromatic heterocycles. The molecule has 0 aromatic rings. The van der Waals surface area contributed by atoms with E-state index in [2.05, 4.69) is 6.92 Å². The minimum atomic E-state index is 0.220. The van der Waals surface area contributed by atoms with E-state index in [-0.39, 0.29) is 10.8 Å². The van der Waals surface area contributed by atoms with Gasteiger partial charge in [0.2, 0.25) is 0 Å². The molecule has 0 aliphatic heterocycles. The predicted molar refractivity (Wildman–Crippen MR) is 39.9 cm³/mol. The molecular weight excluding hydrogens is 143 g/mol. The Labute approximate surface area is 61.2 Å². The fraction of sp³-hybridized carbons (Fsp3) is 1.00. The zero-order valence-corrected chi connectivity index (χ0v) is 6.84. The highest BCUT2D eigenvalue weighted by Crippen LogP contribution is 2.12. The Hall–Kier alpha value is 0.580. The van der Waals surface area contributed by atoms with Crippen molar-refractivity contribution in [1.82, 2.24) is 0 Å². The summed E-state index contributed by atoms with van der Waals surface area (Å²) in [5.41, 5.74) is 0. The topological polar surface area (TPSA) is 0 Å². The van der Waals surface area contributed by atoms with E-state index in [1.165, 1.54) is 0 Å². The monoisotopic (exact) mass is 154 g/mol. The molecule has 0 fully saturated rings. The molecule has 0 aromatic carbocycles. The van der Waals surface area contributed by atoms with Crippen molar-refractivity contribution >= 4 is 23.2 Å². The average Bonchev–Trinajstić information content (AvgIpc) is 1.65. The van der Waals surface area contributed by atoms with Gasteiger partial charge in [0.15, 0.2) is 0 Å². The third kappa shape index (κ3) is 4.73. The summed E-state index contributed by atoms with van der Waals surface area (Å²) in [4.78, 5) is 0. The molecule has 0 saturated carbocycles. The summed E-state index contributed by atoms with van der Waals surface area (Å²) >= 11 is 11.4. The van der Waals surface area contributed by atoms with Crippen molar-refractivity contribution in [3.8, 4) is 0 Å². The van der Waals surface area contributed by atoms with Gasteiger partial charge in [0.25, 0.3) is 0 Å². The summed E-state index contributed by atoms with van der Waals surface area (Å²) in [6.45, 7) is 4.03. The molecule has 0 rings (SSSR count). The smallest absolute Gasteiger partial charge is 0.0347 e. The molecule has 0 heterocycles. The van der Waals surface area contributed by atoms with Crippen LogP contribution in [0.15, 0.2) is 0 Å². The zero-order valence-electron chi connectivity index (χ0n) is 5.32. The number of rotatable bonds is 3. The van der Waals surface area contributed by atoms with Crippen LogP contribution in [0.3, 0.4) is 0 Å². The molecule has 0 saturated heterocycles. The lowest BCUT2D eigenvalue weighted by molar-refractivity contribution is 0.717. The molecule has 0 bridgehead atoms. The SMILES string of the molecule is CC[C@H](Cl)C[C@H](C)Cl. The second-order valence-corrected chi connectivity index (χ2v) is 3.38. The van der Waals surface area contributed by atoms with E-state index >= 15 is 0 Å². The van der Waals surface area contributed by atoms with Crippen LogP contribution in [0.1, 0.15) is 26.7 Å². The minimum absolute atomic E-state index is 0.220. The van der Waals surface area contributed by atoms with Gasteiger partial charge < -0.3 is 0 Å². The van der Waals surface area contributed by atoms with Crippen LogP contribution < -0.4 is 0 Å². The number of halogens is 2. The predicted octanol–water partition coefficient (Wildman–Crippen LogP) is 3.02. The number of hydrogen-bond acceptors (Lipinski definition) is 0. The Morgan fingerprint density at radius 2 is 1.88 bits per heavy atom. The molecule has 2 heteroatoms. The Bertz CT molecular complexity index is 52.5. The Balaban J connectivity index is 3.10. The zero-order chi connectivity index (χ0) is 6.57. The highest BCUT2D eigenvalue weighted by Gasteiger charge is 2.04. The van der Waals surface area contributed by atoms with Crippen molar-refractivity contribution in [2.75, 3.05) is 0 Å². The molecule has 0 unspecified atom stereocenters. The number of hydrogen-bond donors (Lipinski definition) is 0. The van der Waals surface area contributed by atoms with Gasteiger partial charge in [-0.2, -0.15) is 0 Å². The first-order valence-electron chi connectivity index (χ1n) is 2.95. The molecule has 0 radical (unpaired) electrons. The minimum Gasteiger partial charge on any atom is -0.123 e. The van der Waals surface area contributed by atoms with Crippen molar-refractivity contribution in [3.05, 3.63) is 0 Å². The van der Waals surface area contributed by atoms with E-state index in [4.69, 9.17) is 23.2 Å². The van der Waals surface area contributed by atoms with Crippen LogP contribution in [-0.4, -0.2) is 10.8 Å². The first kappa shape index (κ1) is 8.58. The average molecular weight is 155 g/mol. The summed E-state index contributed by atoms with van der Waals surface area (Å²) in [5, 5.41) is 0.486. The molecule has 0 nitrogen and oxygen atoms in total. The Morgan fingerprint density at radius 1 is 1.38 bits per heavy atom. The van der Waals surface area contributed by atoms with E-state index in [9.17, 15) is 0 Å². The third-order valence-corrected chi connectivity index (χ3v) is 1.69. The van der Waals surface area contributed by atoms with Crippen molar-refractivity contribution in [3.63, 3.8) is 0 Å². The molecule has 8 heavy (non-hydrogen) atoms. The molecular formula is C6H12Cl2. The fourth-order valence-electron chi connectivity index (χ4n) is 0.519. The Morgan fingerprint density at radius 3 is 2.00 bits per heavy atom. The molecule has 0 amide bonds. The van der Waals surface area contributed by atoms with Gasteiger partial charge in [-0.3, -0.25) is 0 Å². The van der Waals surface area contributed by atoms with Crippen LogP contribution in [0.4, 0.5) is 0 Å². The number of alkyl halides is 2. The summed E-state index contributed by atoms with van der Waals surface area (Å²) in [6.07, 6.45) is 1.93. The van der Waals surface area contributed by atoms with Crippen LogP contribution in [-0.2, 0) is 0 Å². The van der Waals surface area contributed by atoms with Crippen molar-refractivity contribution in [1.29, 1.82) is 0 Å². The Kier molecular flexibility index (Phi) is 4.78. The van der Waals surface area contributed by atoms with Gasteiger partial charge in [-0.05, 0) is 19.8 Å². The third-order valence-electron chi connectivity index (χ3n) is 1.02. The van der Waals surface area contributed by atoms with Gasteiger partial charge in [-0.15, -0.1) is 23.2 Å². The van der Waals surface area contributed by atoms with Crippen molar-refractivity contribution in [2.45, 2.75) is 37.4 Å². The van der Waals surface area contributed by atoms with Gasteiger partial charge >= 0.3 is 0 Å². The highest BCUT2D eigenvalue weighted by molar-refractivity contribution is 6.23. The molecule has 0 aliphatic rings. The molecule has 0 spiro atoms. The van der Waals surface area contributed by atoms with Crippen LogP contribution in [0.5, 0.6) is 0 Å². The van der Waals surface area contributed by atoms with E-state index in [1.807, 2.05) is 6.92 Å². The van der Waals surface area contributed by atoms with Gasteiger partial charge in [0.1, 0.15) is 0 Å². The second kappa shape index (κ2) is 4.46. The first-order valence-corrected chi connectivity index (χ1v) is 3.82. The van der Waals surface area contributed by atoms with Crippen LogP contribution in [0.25, 0.3) is 0 Å². The van der Waals surface area contributed by atoms with E-state index in [1.54, 1.807) is 0 Å². The van der Waals surface area contributed by atoms with Gasteiger partial charge in [-0.1, -0.05) is 6.92 Å². The summed E-state index contributed by atoms with van der Waals surface area (Å²) in [5.74, 6) is 0. The first-order chi connectivity index (χ1) is 3.66. The maximum atomic E-state index is 5.78. The van der Waals surface area contributed by atoms with E-state index < -0.39 is 0 Å². The molecule has 0 aliphatic carbocycles. The quantitative estimate of drug-likeness (QED) is 0.549. The normalized spacial score (nSPS) is 18.0. The van der Waals surface area contributed by atoms with Crippen molar-refractivity contribution in [2.24, 2.45) is 0 Å². The van der Waals surface area contributed by atoms with Gasteiger partial charge in [0.05, 0.1) is 0 Å². The summed E-state index contributed by atoms with van der Waals surface area (Å²) in [6, 6.07) is 0. The maximum Gasteiger partial charge on any atom is 0.0347 e. The fourth-order valence-corrected chi connectivity index (χ4v) is 1.09. The lowest BCUT2D eigenvalue weighted by Crippen LogP contribution is -2.02. The van der Waals surface area contributed by atoms with Crippen LogP contribution >= 0.6 is 23.2 Å². The standard InChI is InChI=1S/C6H12Cl2/c1-3-6(8)4-5(2)7/h5-6H,3-4H2,1-2H3/t5-,6-/m0/s1. The second-order valence-electron chi connectivity index (χ2n) is 2.02. The van der Waals surface area contributed by atoms with Crippen LogP contribution in [0, 0.1) is 0 Å². The highest BCUT2D eigenvalue weighted by atomic mass is 35.5. The van der Waals surface area contributed by atoms with E-state index in [0.717, 1.165) is 12.8 Å². The molecule has 0 N–H and O–H groups in total.